The number of hydrogen-bond donors (Lipinski definition) is 1. The van der Waals surface area contributed by atoms with E-state index in [1.54, 1.807) is 55.6 Å². The van der Waals surface area contributed by atoms with Gasteiger partial charge >= 0.3 is 0 Å². The number of ether oxygens (including phenoxy) is 1. The van der Waals surface area contributed by atoms with E-state index in [9.17, 15) is 14.4 Å². The SMILES string of the molecule is COc1ccc(NC(=O)c2cccc(N3C(=O)[C@H]4CC(C)=CC[C@H]4C3=O)c2)cc1. The topological polar surface area (TPSA) is 75.7 Å². The maximum Gasteiger partial charge on any atom is 0.255 e. The zero-order valence-corrected chi connectivity index (χ0v) is 16.3. The van der Waals surface area contributed by atoms with Gasteiger partial charge in [-0.05, 0) is 62.2 Å². The summed E-state index contributed by atoms with van der Waals surface area (Å²) in [6, 6.07) is 13.6. The molecule has 148 valence electrons. The number of carbonyl (C=O) groups is 3. The Morgan fingerprint density at radius 3 is 2.52 bits per heavy atom. The first-order valence-electron chi connectivity index (χ1n) is 9.57. The molecule has 1 N–H and O–H groups in total. The summed E-state index contributed by atoms with van der Waals surface area (Å²) in [5, 5.41) is 2.81. The standard InChI is InChI=1S/C23H22N2O4/c1-14-6-11-19-20(12-14)23(28)25(22(19)27)17-5-3-4-15(13-17)21(26)24-16-7-9-18(29-2)10-8-16/h3-10,13,19-20H,11-12H2,1-2H3,(H,24,26)/t19-,20+/m1/s1. The van der Waals surface area contributed by atoms with Gasteiger partial charge in [0.1, 0.15) is 5.75 Å². The number of benzene rings is 2. The Morgan fingerprint density at radius 1 is 1.07 bits per heavy atom. The van der Waals surface area contributed by atoms with E-state index in [0.717, 1.165) is 5.57 Å². The molecule has 0 unspecified atom stereocenters. The van der Waals surface area contributed by atoms with Gasteiger partial charge in [0.15, 0.2) is 0 Å². The van der Waals surface area contributed by atoms with Gasteiger partial charge in [0.05, 0.1) is 24.6 Å². The lowest BCUT2D eigenvalue weighted by molar-refractivity contribution is -0.122. The highest BCUT2D eigenvalue weighted by molar-refractivity contribution is 6.22. The summed E-state index contributed by atoms with van der Waals surface area (Å²) >= 11 is 0. The minimum Gasteiger partial charge on any atom is -0.497 e. The van der Waals surface area contributed by atoms with Gasteiger partial charge in [-0.3, -0.25) is 19.3 Å². The molecule has 0 saturated carbocycles. The highest BCUT2D eigenvalue weighted by atomic mass is 16.5. The van der Waals surface area contributed by atoms with Crippen molar-refractivity contribution in [3.05, 3.63) is 65.7 Å². The minimum atomic E-state index is -0.314. The molecule has 1 aliphatic carbocycles. The average Bonchev–Trinajstić information content (AvgIpc) is 2.98. The Morgan fingerprint density at radius 2 is 1.79 bits per heavy atom. The molecule has 6 heteroatoms. The zero-order valence-electron chi connectivity index (χ0n) is 16.3. The van der Waals surface area contributed by atoms with Crippen LogP contribution in [0.2, 0.25) is 0 Å². The molecular weight excluding hydrogens is 368 g/mol. The number of nitrogens with one attached hydrogen (secondary N) is 1. The van der Waals surface area contributed by atoms with Crippen LogP contribution in [-0.2, 0) is 9.59 Å². The minimum absolute atomic E-state index is 0.180. The second-order valence-electron chi connectivity index (χ2n) is 7.45. The quantitative estimate of drug-likeness (QED) is 0.637. The van der Waals surface area contributed by atoms with Gasteiger partial charge in [-0.15, -0.1) is 0 Å². The average molecular weight is 390 g/mol. The van der Waals surface area contributed by atoms with Gasteiger partial charge in [-0.2, -0.15) is 0 Å². The number of methoxy groups -OCH3 is 1. The third kappa shape index (κ3) is 3.53. The molecule has 1 heterocycles. The van der Waals surface area contributed by atoms with Crippen LogP contribution in [0, 0.1) is 11.8 Å². The molecule has 2 atom stereocenters. The molecule has 1 aliphatic heterocycles. The van der Waals surface area contributed by atoms with Crippen molar-refractivity contribution in [3.63, 3.8) is 0 Å². The Balaban J connectivity index is 1.55. The first kappa shape index (κ1) is 18.9. The number of fused-ring (bicyclic) bond motifs is 1. The lowest BCUT2D eigenvalue weighted by Crippen LogP contribution is -2.31. The van der Waals surface area contributed by atoms with Crippen LogP contribution in [0.1, 0.15) is 30.1 Å². The summed E-state index contributed by atoms with van der Waals surface area (Å²) in [5.74, 6) is -0.586. The molecule has 3 amide bonds. The van der Waals surface area contributed by atoms with Crippen molar-refractivity contribution in [2.45, 2.75) is 19.8 Å². The van der Waals surface area contributed by atoms with Crippen molar-refractivity contribution in [2.75, 3.05) is 17.3 Å². The summed E-state index contributed by atoms with van der Waals surface area (Å²) in [4.78, 5) is 39.6. The monoisotopic (exact) mass is 390 g/mol. The number of amides is 3. The maximum atomic E-state index is 12.9. The Bertz CT molecular complexity index is 1010. The third-order valence-corrected chi connectivity index (χ3v) is 5.54. The number of anilines is 2. The molecule has 6 nitrogen and oxygen atoms in total. The second kappa shape index (κ2) is 7.54. The predicted molar refractivity (Wildman–Crippen MR) is 110 cm³/mol. The van der Waals surface area contributed by atoms with E-state index in [4.69, 9.17) is 4.74 Å². The van der Waals surface area contributed by atoms with Crippen molar-refractivity contribution >= 4 is 29.1 Å². The van der Waals surface area contributed by atoms with Gasteiger partial charge in [-0.1, -0.05) is 17.7 Å². The van der Waals surface area contributed by atoms with Crippen LogP contribution in [-0.4, -0.2) is 24.8 Å². The molecule has 0 radical (unpaired) electrons. The molecule has 1 fully saturated rings. The lowest BCUT2D eigenvalue weighted by atomic mass is 9.82. The highest BCUT2D eigenvalue weighted by Gasteiger charge is 2.48. The van der Waals surface area contributed by atoms with Crippen molar-refractivity contribution in [1.82, 2.24) is 0 Å². The fourth-order valence-corrected chi connectivity index (χ4v) is 3.96. The van der Waals surface area contributed by atoms with E-state index >= 15 is 0 Å². The van der Waals surface area contributed by atoms with Crippen molar-refractivity contribution in [1.29, 1.82) is 0 Å². The predicted octanol–water partition coefficient (Wildman–Crippen LogP) is 3.79. The first-order chi connectivity index (χ1) is 14.0. The van der Waals surface area contributed by atoms with Crippen molar-refractivity contribution in [3.8, 4) is 5.75 Å². The van der Waals surface area contributed by atoms with Gasteiger partial charge < -0.3 is 10.1 Å². The Labute approximate surface area is 169 Å². The van der Waals surface area contributed by atoms with E-state index in [2.05, 4.69) is 5.32 Å². The van der Waals surface area contributed by atoms with Gasteiger partial charge in [-0.25, -0.2) is 0 Å². The van der Waals surface area contributed by atoms with E-state index in [-0.39, 0.29) is 29.6 Å². The largest absolute Gasteiger partial charge is 0.497 e. The fourth-order valence-electron chi connectivity index (χ4n) is 3.96. The molecule has 2 aromatic rings. The van der Waals surface area contributed by atoms with E-state index in [1.807, 2.05) is 13.0 Å². The molecule has 1 saturated heterocycles. The molecule has 4 rings (SSSR count). The smallest absolute Gasteiger partial charge is 0.255 e. The third-order valence-electron chi connectivity index (χ3n) is 5.54. The van der Waals surface area contributed by atoms with Gasteiger partial charge in [0.2, 0.25) is 11.8 Å². The fraction of sp³-hybridized carbons (Fsp3) is 0.261. The number of imide groups is 1. The zero-order chi connectivity index (χ0) is 20.5. The van der Waals surface area contributed by atoms with Crippen LogP contribution in [0.3, 0.4) is 0 Å². The summed E-state index contributed by atoms with van der Waals surface area (Å²) < 4.78 is 5.11. The normalized spacial score (nSPS) is 20.9. The van der Waals surface area contributed by atoms with Crippen LogP contribution in [0.5, 0.6) is 5.75 Å². The molecule has 0 aromatic heterocycles. The lowest BCUT2D eigenvalue weighted by Gasteiger charge is -2.18. The Hall–Kier alpha value is -3.41. The number of allylic oxidation sites excluding steroid dienone is 2. The van der Waals surface area contributed by atoms with E-state index in [0.29, 0.717) is 35.5 Å². The number of carbonyl (C=O) groups excluding carboxylic acids is 3. The van der Waals surface area contributed by atoms with Crippen LogP contribution in [0.25, 0.3) is 0 Å². The van der Waals surface area contributed by atoms with Gasteiger partial charge in [0.25, 0.3) is 5.91 Å². The van der Waals surface area contributed by atoms with Crippen LogP contribution >= 0.6 is 0 Å². The molecule has 29 heavy (non-hydrogen) atoms. The molecule has 0 bridgehead atoms. The summed E-state index contributed by atoms with van der Waals surface area (Å²) in [5.41, 5.74) is 2.58. The molecule has 2 aliphatic rings. The molecule has 2 aromatic carbocycles. The van der Waals surface area contributed by atoms with Crippen molar-refractivity contribution < 1.29 is 19.1 Å². The molecular formula is C23H22N2O4. The first-order valence-corrected chi connectivity index (χ1v) is 9.57. The summed E-state index contributed by atoms with van der Waals surface area (Å²) in [6.45, 7) is 1.99. The van der Waals surface area contributed by atoms with Gasteiger partial charge in [0, 0.05) is 11.3 Å². The second-order valence-corrected chi connectivity index (χ2v) is 7.45. The van der Waals surface area contributed by atoms with Crippen LogP contribution in [0.15, 0.2) is 60.2 Å². The number of hydrogen-bond acceptors (Lipinski definition) is 4. The number of nitrogens with zero attached hydrogens (tertiary/aromatic N) is 1. The van der Waals surface area contributed by atoms with Crippen molar-refractivity contribution in [2.24, 2.45) is 11.8 Å². The maximum absolute atomic E-state index is 12.9. The Kier molecular flexibility index (Phi) is 4.92. The van der Waals surface area contributed by atoms with Crippen LogP contribution in [0.4, 0.5) is 11.4 Å². The van der Waals surface area contributed by atoms with E-state index < -0.39 is 0 Å². The number of rotatable bonds is 4. The van der Waals surface area contributed by atoms with E-state index in [1.165, 1.54) is 4.90 Å². The highest BCUT2D eigenvalue weighted by Crippen LogP contribution is 2.39. The van der Waals surface area contributed by atoms with Crippen LogP contribution < -0.4 is 15.0 Å². The summed E-state index contributed by atoms with van der Waals surface area (Å²) in [7, 11) is 1.58. The molecule has 0 spiro atoms. The summed E-state index contributed by atoms with van der Waals surface area (Å²) in [6.07, 6.45) is 3.24.